The van der Waals surface area contributed by atoms with Gasteiger partial charge in [0.2, 0.25) is 0 Å². The second kappa shape index (κ2) is 9.25. The minimum Gasteiger partial charge on any atom is -0.508 e. The van der Waals surface area contributed by atoms with Crippen molar-refractivity contribution in [3.8, 4) is 17.2 Å². The van der Waals surface area contributed by atoms with Crippen molar-refractivity contribution in [3.05, 3.63) is 82.4 Å². The zero-order valence-electron chi connectivity index (χ0n) is 20.6. The van der Waals surface area contributed by atoms with Crippen molar-refractivity contribution in [2.75, 3.05) is 19.1 Å². The molecule has 1 aliphatic heterocycles. The number of amides is 1. The first-order valence-electron chi connectivity index (χ1n) is 11.4. The predicted octanol–water partition coefficient (Wildman–Crippen LogP) is 5.26. The van der Waals surface area contributed by atoms with Crippen molar-refractivity contribution in [2.24, 2.45) is 0 Å². The number of hydrogen-bond acceptors (Lipinski definition) is 8. The monoisotopic (exact) mass is 516 g/mol. The number of aryl methyl sites for hydroxylation is 2. The summed E-state index contributed by atoms with van der Waals surface area (Å²) in [5, 5.41) is 21.7. The highest BCUT2D eigenvalue weighted by atomic mass is 32.1. The van der Waals surface area contributed by atoms with E-state index in [0.717, 1.165) is 15.8 Å². The van der Waals surface area contributed by atoms with Crippen LogP contribution in [0.2, 0.25) is 0 Å². The minimum absolute atomic E-state index is 0.0288. The number of thiazole rings is 1. The Kier molecular flexibility index (Phi) is 6.08. The number of carbonyl (C=O) groups excluding carboxylic acids is 2. The number of rotatable bonds is 5. The summed E-state index contributed by atoms with van der Waals surface area (Å²) in [6, 6.07) is 13.9. The zero-order chi connectivity index (χ0) is 26.4. The molecule has 2 heterocycles. The van der Waals surface area contributed by atoms with Gasteiger partial charge in [-0.25, -0.2) is 4.98 Å². The molecule has 1 unspecified atom stereocenters. The maximum Gasteiger partial charge on any atom is 0.301 e. The van der Waals surface area contributed by atoms with Gasteiger partial charge in [-0.3, -0.25) is 14.5 Å². The molecule has 1 fully saturated rings. The summed E-state index contributed by atoms with van der Waals surface area (Å²) in [7, 11) is 2.93. The summed E-state index contributed by atoms with van der Waals surface area (Å²) in [6.07, 6.45) is 0. The van der Waals surface area contributed by atoms with E-state index in [1.54, 1.807) is 30.3 Å². The Balaban J connectivity index is 1.76. The molecule has 1 saturated heterocycles. The van der Waals surface area contributed by atoms with E-state index in [1.165, 1.54) is 42.6 Å². The van der Waals surface area contributed by atoms with Crippen molar-refractivity contribution in [1.29, 1.82) is 0 Å². The number of ketones is 1. The van der Waals surface area contributed by atoms with Gasteiger partial charge in [0.1, 0.15) is 23.0 Å². The van der Waals surface area contributed by atoms with E-state index >= 15 is 0 Å². The van der Waals surface area contributed by atoms with Gasteiger partial charge in [-0.1, -0.05) is 23.5 Å². The molecule has 188 valence electrons. The molecule has 1 aliphatic rings. The number of benzene rings is 3. The summed E-state index contributed by atoms with van der Waals surface area (Å²) >= 11 is 1.29. The summed E-state index contributed by atoms with van der Waals surface area (Å²) in [5.41, 5.74) is 3.47. The van der Waals surface area contributed by atoms with Gasteiger partial charge in [-0.05, 0) is 73.0 Å². The smallest absolute Gasteiger partial charge is 0.301 e. The Morgan fingerprint density at radius 3 is 2.35 bits per heavy atom. The van der Waals surface area contributed by atoms with Crippen LogP contribution in [0.4, 0.5) is 5.13 Å². The topological polar surface area (TPSA) is 109 Å². The third kappa shape index (κ3) is 4.07. The number of anilines is 1. The number of Topliss-reactive ketones (excluding diaryl/α,β-unsaturated/α-hetero) is 1. The lowest BCUT2D eigenvalue weighted by atomic mass is 9.95. The van der Waals surface area contributed by atoms with E-state index in [-0.39, 0.29) is 16.9 Å². The SMILES string of the molecule is COc1ccc(OC)c(/C(O)=C2\C(=O)C(=O)N(c3nc4cc(C)c(C)cc4s3)C2c2ccc(O)cc2)c1. The minimum atomic E-state index is -0.987. The Labute approximate surface area is 217 Å². The van der Waals surface area contributed by atoms with Gasteiger partial charge in [0, 0.05) is 0 Å². The van der Waals surface area contributed by atoms with E-state index < -0.39 is 23.5 Å². The van der Waals surface area contributed by atoms with Crippen LogP contribution in [0.5, 0.6) is 17.2 Å². The molecule has 1 amide bonds. The van der Waals surface area contributed by atoms with Crippen LogP contribution >= 0.6 is 11.3 Å². The number of phenolic OH excluding ortho intramolecular Hbond substituents is 1. The van der Waals surface area contributed by atoms with Crippen LogP contribution in [-0.2, 0) is 9.59 Å². The summed E-state index contributed by atoms with van der Waals surface area (Å²) in [6.45, 7) is 3.98. The summed E-state index contributed by atoms with van der Waals surface area (Å²) in [4.78, 5) is 32.9. The van der Waals surface area contributed by atoms with Crippen molar-refractivity contribution in [1.82, 2.24) is 4.98 Å². The lowest BCUT2D eigenvalue weighted by molar-refractivity contribution is -0.132. The highest BCUT2D eigenvalue weighted by molar-refractivity contribution is 7.22. The molecule has 4 aromatic rings. The van der Waals surface area contributed by atoms with Gasteiger partial charge in [0.05, 0.1) is 41.6 Å². The number of aliphatic hydroxyl groups is 1. The molecular weight excluding hydrogens is 492 g/mol. The molecule has 1 aromatic heterocycles. The molecule has 0 aliphatic carbocycles. The molecule has 5 rings (SSSR count). The Hall–Kier alpha value is -4.37. The fourth-order valence-electron chi connectivity index (χ4n) is 4.42. The number of hydrogen-bond donors (Lipinski definition) is 2. The van der Waals surface area contributed by atoms with E-state index in [4.69, 9.17) is 9.47 Å². The number of ether oxygens (including phenoxy) is 2. The maximum atomic E-state index is 13.5. The van der Waals surface area contributed by atoms with E-state index in [2.05, 4.69) is 4.98 Å². The molecule has 37 heavy (non-hydrogen) atoms. The largest absolute Gasteiger partial charge is 0.508 e. The third-order valence-corrected chi connectivity index (χ3v) is 7.53. The number of methoxy groups -OCH3 is 2. The standard InChI is InChI=1S/C28H24N2O6S/c1-14-11-20-22(12-15(14)2)37-28(29-20)30-24(16-5-7-17(31)8-6-16)23(26(33)27(30)34)25(32)19-13-18(35-3)9-10-21(19)36-4/h5-13,24,31-32H,1-4H3/b25-23+. The molecular formula is C28H24N2O6S. The predicted molar refractivity (Wildman–Crippen MR) is 142 cm³/mol. The van der Waals surface area contributed by atoms with Crippen LogP contribution in [0.25, 0.3) is 16.0 Å². The van der Waals surface area contributed by atoms with Gasteiger partial charge in [-0.15, -0.1) is 0 Å². The van der Waals surface area contributed by atoms with Crippen molar-refractivity contribution < 1.29 is 29.3 Å². The first kappa shape index (κ1) is 24.3. The van der Waals surface area contributed by atoms with Crippen LogP contribution in [0.15, 0.2) is 60.2 Å². The van der Waals surface area contributed by atoms with E-state index in [1.807, 2.05) is 26.0 Å². The summed E-state index contributed by atoms with van der Waals surface area (Å²) < 4.78 is 11.6. The number of aromatic hydroxyl groups is 1. The number of aromatic nitrogens is 1. The van der Waals surface area contributed by atoms with Gasteiger partial charge in [-0.2, -0.15) is 0 Å². The zero-order valence-corrected chi connectivity index (χ0v) is 21.4. The first-order valence-corrected chi connectivity index (χ1v) is 12.2. The van der Waals surface area contributed by atoms with Crippen LogP contribution < -0.4 is 14.4 Å². The number of carbonyl (C=O) groups is 2. The molecule has 8 nitrogen and oxygen atoms in total. The fourth-order valence-corrected chi connectivity index (χ4v) is 5.49. The second-order valence-electron chi connectivity index (χ2n) is 8.73. The van der Waals surface area contributed by atoms with Crippen molar-refractivity contribution in [3.63, 3.8) is 0 Å². The highest BCUT2D eigenvalue weighted by Crippen LogP contribution is 2.45. The summed E-state index contributed by atoms with van der Waals surface area (Å²) in [5.74, 6) is -1.29. The van der Waals surface area contributed by atoms with E-state index in [0.29, 0.717) is 27.7 Å². The van der Waals surface area contributed by atoms with Gasteiger partial charge >= 0.3 is 5.91 Å². The third-order valence-electron chi connectivity index (χ3n) is 6.51. The number of fused-ring (bicyclic) bond motifs is 1. The quantitative estimate of drug-likeness (QED) is 0.211. The van der Waals surface area contributed by atoms with Crippen LogP contribution in [0, 0.1) is 13.8 Å². The second-order valence-corrected chi connectivity index (χ2v) is 9.74. The number of aliphatic hydroxyl groups excluding tert-OH is 1. The molecule has 0 saturated carbocycles. The van der Waals surface area contributed by atoms with Gasteiger partial charge < -0.3 is 19.7 Å². The van der Waals surface area contributed by atoms with Crippen LogP contribution in [0.3, 0.4) is 0 Å². The molecule has 2 N–H and O–H groups in total. The molecule has 9 heteroatoms. The van der Waals surface area contributed by atoms with Crippen LogP contribution in [0.1, 0.15) is 28.3 Å². The Morgan fingerprint density at radius 1 is 0.973 bits per heavy atom. The molecule has 0 spiro atoms. The molecule has 1 atom stereocenters. The van der Waals surface area contributed by atoms with Crippen molar-refractivity contribution >= 4 is 44.1 Å². The first-order chi connectivity index (χ1) is 17.7. The van der Waals surface area contributed by atoms with Crippen LogP contribution in [-0.4, -0.2) is 41.1 Å². The highest BCUT2D eigenvalue weighted by Gasteiger charge is 2.48. The van der Waals surface area contributed by atoms with Crippen molar-refractivity contribution in [2.45, 2.75) is 19.9 Å². The van der Waals surface area contributed by atoms with Gasteiger partial charge in [0.15, 0.2) is 5.13 Å². The normalized spacial score (nSPS) is 17.0. The lowest BCUT2D eigenvalue weighted by Gasteiger charge is -2.23. The maximum absolute atomic E-state index is 13.5. The molecule has 0 radical (unpaired) electrons. The number of phenols is 1. The molecule has 0 bridgehead atoms. The molecule has 3 aromatic carbocycles. The Bertz CT molecular complexity index is 1550. The fraction of sp³-hybridized carbons (Fsp3) is 0.179. The Morgan fingerprint density at radius 2 is 1.68 bits per heavy atom. The average Bonchev–Trinajstić information content (AvgIpc) is 3.41. The average molecular weight is 517 g/mol. The lowest BCUT2D eigenvalue weighted by Crippen LogP contribution is -2.29. The number of nitrogens with zero attached hydrogens (tertiary/aromatic N) is 2. The van der Waals surface area contributed by atoms with Gasteiger partial charge in [0.25, 0.3) is 5.78 Å². The van der Waals surface area contributed by atoms with E-state index in [9.17, 15) is 19.8 Å².